The molecule has 4 rings (SSSR count). The average Bonchev–Trinajstić information content (AvgIpc) is 2.86. The van der Waals surface area contributed by atoms with Crippen molar-refractivity contribution in [2.75, 3.05) is 31.6 Å². The lowest BCUT2D eigenvalue weighted by atomic mass is 10.0. The molecule has 2 aliphatic heterocycles. The van der Waals surface area contributed by atoms with E-state index in [0.717, 1.165) is 16.8 Å². The normalized spacial score (nSPS) is 17.5. The topological polar surface area (TPSA) is 97.4 Å². The Hall–Kier alpha value is -3.75. The first-order valence-corrected chi connectivity index (χ1v) is 12.7. The standard InChI is InChI=1S/C28H35N3O6/c1-28(2,3)37-27(34)31-15-14-30(26(33)36-19-20-7-5-4-6-8-20)18-22(31)13-16-35-23-11-9-21-10-12-25(32)29-24(21)17-23/h4-9,11,17,22H,10,12-16,18-19H2,1-3H3,(H,29,32)/t22-/m1/s1. The summed E-state index contributed by atoms with van der Waals surface area (Å²) in [6.07, 6.45) is 0.866. The fourth-order valence-corrected chi connectivity index (χ4v) is 4.39. The third kappa shape index (κ3) is 7.38. The minimum Gasteiger partial charge on any atom is -0.493 e. The first-order valence-electron chi connectivity index (χ1n) is 12.7. The average molecular weight is 510 g/mol. The largest absolute Gasteiger partial charge is 0.493 e. The molecule has 1 fully saturated rings. The Balaban J connectivity index is 1.38. The molecule has 2 aliphatic rings. The first-order chi connectivity index (χ1) is 17.7. The van der Waals surface area contributed by atoms with Crippen LogP contribution in [0.1, 0.15) is 44.7 Å². The number of carbonyl (C=O) groups excluding carboxylic acids is 3. The molecular weight excluding hydrogens is 474 g/mol. The van der Waals surface area contributed by atoms with Crippen molar-refractivity contribution in [2.45, 2.75) is 58.3 Å². The van der Waals surface area contributed by atoms with Gasteiger partial charge < -0.3 is 29.3 Å². The molecule has 0 aromatic heterocycles. The molecule has 2 aromatic rings. The second-order valence-corrected chi connectivity index (χ2v) is 10.3. The predicted molar refractivity (Wildman–Crippen MR) is 138 cm³/mol. The lowest BCUT2D eigenvalue weighted by Crippen LogP contribution is -2.57. The second kappa shape index (κ2) is 11.5. The zero-order valence-corrected chi connectivity index (χ0v) is 21.7. The van der Waals surface area contributed by atoms with Gasteiger partial charge in [-0.05, 0) is 44.4 Å². The van der Waals surface area contributed by atoms with Crippen molar-refractivity contribution in [3.8, 4) is 5.75 Å². The molecule has 0 unspecified atom stereocenters. The summed E-state index contributed by atoms with van der Waals surface area (Å²) in [5.41, 5.74) is 2.14. The number of amides is 3. The van der Waals surface area contributed by atoms with Gasteiger partial charge >= 0.3 is 12.2 Å². The molecule has 0 radical (unpaired) electrons. The van der Waals surface area contributed by atoms with Gasteiger partial charge in [0.1, 0.15) is 18.0 Å². The van der Waals surface area contributed by atoms with Gasteiger partial charge in [0.05, 0.1) is 12.6 Å². The highest BCUT2D eigenvalue weighted by atomic mass is 16.6. The summed E-state index contributed by atoms with van der Waals surface area (Å²) in [7, 11) is 0. The molecule has 1 atom stereocenters. The van der Waals surface area contributed by atoms with Crippen molar-refractivity contribution in [3.63, 3.8) is 0 Å². The number of anilines is 1. The van der Waals surface area contributed by atoms with Gasteiger partial charge in [0.15, 0.2) is 0 Å². The number of ether oxygens (including phenoxy) is 3. The number of benzene rings is 2. The highest BCUT2D eigenvalue weighted by Crippen LogP contribution is 2.27. The third-order valence-corrected chi connectivity index (χ3v) is 6.27. The van der Waals surface area contributed by atoms with Crippen LogP contribution in [0.5, 0.6) is 5.75 Å². The number of aryl methyl sites for hydroxylation is 1. The van der Waals surface area contributed by atoms with Gasteiger partial charge in [-0.2, -0.15) is 0 Å². The smallest absolute Gasteiger partial charge is 0.410 e. The number of hydrogen-bond donors (Lipinski definition) is 1. The third-order valence-electron chi connectivity index (χ3n) is 6.27. The summed E-state index contributed by atoms with van der Waals surface area (Å²) < 4.78 is 17.1. The number of fused-ring (bicyclic) bond motifs is 1. The van der Waals surface area contributed by atoms with E-state index in [-0.39, 0.29) is 18.6 Å². The maximum absolute atomic E-state index is 12.9. The lowest BCUT2D eigenvalue weighted by Gasteiger charge is -2.41. The van der Waals surface area contributed by atoms with Crippen LogP contribution in [0.25, 0.3) is 0 Å². The van der Waals surface area contributed by atoms with E-state index in [2.05, 4.69) is 5.32 Å². The zero-order valence-electron chi connectivity index (χ0n) is 21.7. The van der Waals surface area contributed by atoms with Crippen LogP contribution in [0.15, 0.2) is 48.5 Å². The Bertz CT molecular complexity index is 1110. The van der Waals surface area contributed by atoms with Gasteiger partial charge in [-0.15, -0.1) is 0 Å². The molecule has 9 heteroatoms. The van der Waals surface area contributed by atoms with Gasteiger partial charge in [0.25, 0.3) is 0 Å². The first kappa shape index (κ1) is 26.3. The molecule has 1 N–H and O–H groups in total. The highest BCUT2D eigenvalue weighted by molar-refractivity contribution is 5.94. The van der Waals surface area contributed by atoms with Gasteiger partial charge in [-0.1, -0.05) is 36.4 Å². The Labute approximate surface area is 217 Å². The van der Waals surface area contributed by atoms with Crippen LogP contribution < -0.4 is 10.1 Å². The summed E-state index contributed by atoms with van der Waals surface area (Å²) in [4.78, 5) is 40.7. The van der Waals surface area contributed by atoms with Gasteiger partial charge in [-0.3, -0.25) is 4.79 Å². The van der Waals surface area contributed by atoms with Gasteiger partial charge in [0, 0.05) is 44.2 Å². The zero-order chi connectivity index (χ0) is 26.4. The molecule has 0 bridgehead atoms. The molecule has 2 aromatic carbocycles. The Morgan fingerprint density at radius 1 is 1.03 bits per heavy atom. The molecule has 198 valence electrons. The van der Waals surface area contributed by atoms with Crippen molar-refractivity contribution in [1.82, 2.24) is 9.80 Å². The molecule has 0 spiro atoms. The molecule has 0 saturated carbocycles. The number of hydrogen-bond acceptors (Lipinski definition) is 6. The molecule has 2 heterocycles. The Morgan fingerprint density at radius 3 is 2.57 bits per heavy atom. The number of nitrogens with one attached hydrogen (secondary N) is 1. The number of piperazine rings is 1. The molecule has 3 amide bonds. The summed E-state index contributed by atoms with van der Waals surface area (Å²) in [5, 5.41) is 2.88. The van der Waals surface area contributed by atoms with E-state index in [0.29, 0.717) is 51.3 Å². The molecule has 0 aliphatic carbocycles. The van der Waals surface area contributed by atoms with Crippen LogP contribution >= 0.6 is 0 Å². The van der Waals surface area contributed by atoms with E-state index in [4.69, 9.17) is 14.2 Å². The van der Waals surface area contributed by atoms with Crippen LogP contribution in [0.2, 0.25) is 0 Å². The van der Waals surface area contributed by atoms with E-state index in [1.807, 2.05) is 69.3 Å². The van der Waals surface area contributed by atoms with E-state index in [1.54, 1.807) is 9.80 Å². The second-order valence-electron chi connectivity index (χ2n) is 10.3. The van der Waals surface area contributed by atoms with Crippen LogP contribution in [0, 0.1) is 0 Å². The predicted octanol–water partition coefficient (Wildman–Crippen LogP) is 4.60. The lowest BCUT2D eigenvalue weighted by molar-refractivity contribution is -0.116. The summed E-state index contributed by atoms with van der Waals surface area (Å²) in [6.45, 7) is 7.01. The fourth-order valence-electron chi connectivity index (χ4n) is 4.39. The van der Waals surface area contributed by atoms with Crippen LogP contribution in [-0.2, 0) is 27.3 Å². The maximum atomic E-state index is 12.9. The summed E-state index contributed by atoms with van der Waals surface area (Å²) >= 11 is 0. The summed E-state index contributed by atoms with van der Waals surface area (Å²) in [5.74, 6) is 0.638. The van der Waals surface area contributed by atoms with Crippen LogP contribution in [0.3, 0.4) is 0 Å². The summed E-state index contributed by atoms with van der Waals surface area (Å²) in [6, 6.07) is 14.9. The van der Waals surface area contributed by atoms with Crippen molar-refractivity contribution in [3.05, 3.63) is 59.7 Å². The van der Waals surface area contributed by atoms with E-state index in [9.17, 15) is 14.4 Å². The SMILES string of the molecule is CC(C)(C)OC(=O)N1CCN(C(=O)OCc2ccccc2)C[C@H]1CCOc1ccc2c(c1)NC(=O)CC2. The van der Waals surface area contributed by atoms with E-state index < -0.39 is 17.8 Å². The van der Waals surface area contributed by atoms with Gasteiger partial charge in [0.2, 0.25) is 5.91 Å². The Morgan fingerprint density at radius 2 is 1.81 bits per heavy atom. The number of rotatable bonds is 6. The molecule has 9 nitrogen and oxygen atoms in total. The van der Waals surface area contributed by atoms with Crippen LogP contribution in [-0.4, -0.2) is 65.8 Å². The van der Waals surface area contributed by atoms with Crippen molar-refractivity contribution in [2.24, 2.45) is 0 Å². The van der Waals surface area contributed by atoms with Crippen molar-refractivity contribution < 1.29 is 28.6 Å². The van der Waals surface area contributed by atoms with E-state index in [1.165, 1.54) is 0 Å². The van der Waals surface area contributed by atoms with Gasteiger partial charge in [-0.25, -0.2) is 9.59 Å². The minimum absolute atomic E-state index is 0.000833. The highest BCUT2D eigenvalue weighted by Gasteiger charge is 2.35. The number of carbonyl (C=O) groups is 3. The van der Waals surface area contributed by atoms with Crippen LogP contribution in [0.4, 0.5) is 15.3 Å². The van der Waals surface area contributed by atoms with Crippen molar-refractivity contribution >= 4 is 23.8 Å². The molecular formula is C28H35N3O6. The van der Waals surface area contributed by atoms with Crippen molar-refractivity contribution in [1.29, 1.82) is 0 Å². The molecule has 1 saturated heterocycles. The number of nitrogens with zero attached hydrogens (tertiary/aromatic N) is 2. The monoisotopic (exact) mass is 509 g/mol. The Kier molecular flexibility index (Phi) is 8.21. The fraction of sp³-hybridized carbons (Fsp3) is 0.464. The van der Waals surface area contributed by atoms with E-state index >= 15 is 0 Å². The minimum atomic E-state index is -0.628. The maximum Gasteiger partial charge on any atom is 0.410 e. The quantitative estimate of drug-likeness (QED) is 0.611. The molecule has 37 heavy (non-hydrogen) atoms.